The highest BCUT2D eigenvalue weighted by Gasteiger charge is 2.21. The van der Waals surface area contributed by atoms with Gasteiger partial charge < -0.3 is 14.2 Å². The van der Waals surface area contributed by atoms with Gasteiger partial charge in [0, 0.05) is 5.56 Å². The number of ether oxygens (including phenoxy) is 3. The lowest BCUT2D eigenvalue weighted by molar-refractivity contribution is -0.118. The third-order valence-corrected chi connectivity index (χ3v) is 8.33. The number of methoxy groups -OCH3 is 2. The molecule has 242 valence electrons. The molecule has 9 nitrogen and oxygen atoms in total. The molecule has 0 radical (unpaired) electrons. The van der Waals surface area contributed by atoms with Gasteiger partial charge in [-0.25, -0.2) is 9.82 Å². The molecular weight excluding hydrogens is 617 g/mol. The van der Waals surface area contributed by atoms with E-state index >= 15 is 0 Å². The molecular formula is C36H36FN5O4S. The second-order valence-electron chi connectivity index (χ2n) is 10.4. The highest BCUT2D eigenvalue weighted by molar-refractivity contribution is 7.99. The van der Waals surface area contributed by atoms with Crippen LogP contribution in [-0.2, 0) is 24.2 Å². The van der Waals surface area contributed by atoms with Gasteiger partial charge >= 0.3 is 0 Å². The molecule has 11 heteroatoms. The number of hydrazone groups is 1. The second kappa shape index (κ2) is 15.9. The molecule has 0 aliphatic rings. The summed E-state index contributed by atoms with van der Waals surface area (Å²) in [7, 11) is 3.18. The normalized spacial score (nSPS) is 11.1. The third-order valence-electron chi connectivity index (χ3n) is 7.40. The maximum Gasteiger partial charge on any atom is 0.250 e. The lowest BCUT2D eigenvalue weighted by Gasteiger charge is -2.18. The molecule has 1 heterocycles. The van der Waals surface area contributed by atoms with Crippen LogP contribution in [0.3, 0.4) is 0 Å². The lowest BCUT2D eigenvalue weighted by atomic mass is 10.0. The SMILES string of the molecule is CCc1cccc(CC)c1-n1c(SCC(=O)N/N=C/c2ccc(OCc3ccc(F)cc3)c(OC)c2)nnc1-c1ccc(OC)cc1. The van der Waals surface area contributed by atoms with Crippen molar-refractivity contribution >= 4 is 23.9 Å². The number of aromatic nitrogens is 3. The monoisotopic (exact) mass is 653 g/mol. The Labute approximate surface area is 277 Å². The van der Waals surface area contributed by atoms with Crippen LogP contribution in [-0.4, -0.2) is 46.9 Å². The largest absolute Gasteiger partial charge is 0.497 e. The molecule has 47 heavy (non-hydrogen) atoms. The molecule has 0 spiro atoms. The van der Waals surface area contributed by atoms with Gasteiger partial charge in [0.15, 0.2) is 22.5 Å². The highest BCUT2D eigenvalue weighted by atomic mass is 32.2. The van der Waals surface area contributed by atoms with Gasteiger partial charge in [-0.2, -0.15) is 5.10 Å². The Kier molecular flexibility index (Phi) is 11.2. The summed E-state index contributed by atoms with van der Waals surface area (Å²) in [4.78, 5) is 12.9. The summed E-state index contributed by atoms with van der Waals surface area (Å²) in [5.74, 6) is 1.95. The van der Waals surface area contributed by atoms with Crippen LogP contribution >= 0.6 is 11.8 Å². The summed E-state index contributed by atoms with van der Waals surface area (Å²) in [6.45, 7) is 4.51. The summed E-state index contributed by atoms with van der Waals surface area (Å²) in [5.41, 5.74) is 8.38. The van der Waals surface area contributed by atoms with Crippen molar-refractivity contribution in [3.63, 3.8) is 0 Å². The number of amides is 1. The number of halogens is 1. The van der Waals surface area contributed by atoms with Crippen molar-refractivity contribution < 1.29 is 23.4 Å². The number of hydrogen-bond donors (Lipinski definition) is 1. The average molecular weight is 654 g/mol. The van der Waals surface area contributed by atoms with E-state index in [1.165, 1.54) is 30.1 Å². The maximum atomic E-state index is 13.2. The van der Waals surface area contributed by atoms with Crippen molar-refractivity contribution in [2.75, 3.05) is 20.0 Å². The number of nitrogens with one attached hydrogen (secondary N) is 1. The summed E-state index contributed by atoms with van der Waals surface area (Å²) < 4.78 is 31.9. The van der Waals surface area contributed by atoms with Crippen molar-refractivity contribution in [1.29, 1.82) is 0 Å². The average Bonchev–Trinajstić information content (AvgIpc) is 3.53. The molecule has 5 aromatic rings. The molecule has 0 aliphatic carbocycles. The topological polar surface area (TPSA) is 99.9 Å². The number of thioether (sulfide) groups is 1. The quantitative estimate of drug-likeness (QED) is 0.0780. The fourth-order valence-electron chi connectivity index (χ4n) is 4.96. The first-order chi connectivity index (χ1) is 22.9. The first kappa shape index (κ1) is 33.2. The van der Waals surface area contributed by atoms with E-state index in [-0.39, 0.29) is 24.1 Å². The maximum absolute atomic E-state index is 13.2. The second-order valence-corrected chi connectivity index (χ2v) is 11.4. The molecule has 4 aromatic carbocycles. The van der Waals surface area contributed by atoms with Crippen molar-refractivity contribution in [2.45, 2.75) is 38.5 Å². The minimum Gasteiger partial charge on any atom is -0.497 e. The fraction of sp³-hybridized carbons (Fsp3) is 0.222. The van der Waals surface area contributed by atoms with E-state index in [0.29, 0.717) is 28.0 Å². The number of hydrogen-bond acceptors (Lipinski definition) is 8. The molecule has 0 aliphatic heterocycles. The van der Waals surface area contributed by atoms with E-state index in [9.17, 15) is 9.18 Å². The summed E-state index contributed by atoms with van der Waals surface area (Å²) >= 11 is 1.29. The van der Waals surface area contributed by atoms with Crippen LogP contribution in [0, 0.1) is 5.82 Å². The Bertz CT molecular complexity index is 1820. The van der Waals surface area contributed by atoms with Gasteiger partial charge in [-0.15, -0.1) is 10.2 Å². The zero-order chi connectivity index (χ0) is 33.2. The summed E-state index contributed by atoms with van der Waals surface area (Å²) in [5, 5.41) is 13.8. The van der Waals surface area contributed by atoms with Crippen molar-refractivity contribution in [3.05, 3.63) is 113 Å². The third kappa shape index (κ3) is 8.17. The molecule has 1 N–H and O–H groups in total. The van der Waals surface area contributed by atoms with Crippen LogP contribution in [0.25, 0.3) is 17.1 Å². The Hall–Kier alpha value is -5.16. The van der Waals surface area contributed by atoms with Gasteiger partial charge in [0.1, 0.15) is 18.2 Å². The Morgan fingerprint density at radius 1 is 0.915 bits per heavy atom. The molecule has 0 fully saturated rings. The van der Waals surface area contributed by atoms with Gasteiger partial charge in [0.2, 0.25) is 0 Å². The van der Waals surface area contributed by atoms with Gasteiger partial charge in [0.25, 0.3) is 5.91 Å². The number of carbonyl (C=O) groups excluding carboxylic acids is 1. The smallest absolute Gasteiger partial charge is 0.250 e. The van der Waals surface area contributed by atoms with E-state index in [0.717, 1.165) is 46.5 Å². The van der Waals surface area contributed by atoms with Gasteiger partial charge in [-0.05, 0) is 89.7 Å². The van der Waals surface area contributed by atoms with E-state index in [1.807, 2.05) is 28.8 Å². The van der Waals surface area contributed by atoms with E-state index in [1.54, 1.807) is 44.6 Å². The predicted molar refractivity (Wildman–Crippen MR) is 182 cm³/mol. The van der Waals surface area contributed by atoms with Crippen LogP contribution in [0.5, 0.6) is 17.2 Å². The van der Waals surface area contributed by atoms with Gasteiger partial charge in [-0.3, -0.25) is 9.36 Å². The Balaban J connectivity index is 1.28. The van der Waals surface area contributed by atoms with Crippen LogP contribution in [0.15, 0.2) is 95.2 Å². The van der Waals surface area contributed by atoms with Crippen molar-refractivity contribution in [2.24, 2.45) is 5.10 Å². The number of nitrogens with zero attached hydrogens (tertiary/aromatic N) is 4. The van der Waals surface area contributed by atoms with Crippen molar-refractivity contribution in [3.8, 4) is 34.3 Å². The van der Waals surface area contributed by atoms with Crippen LogP contribution in [0.1, 0.15) is 36.1 Å². The minimum atomic E-state index is -0.300. The number of carbonyl (C=O) groups is 1. The Morgan fingerprint density at radius 2 is 1.64 bits per heavy atom. The summed E-state index contributed by atoms with van der Waals surface area (Å²) in [6, 6.07) is 25.4. The highest BCUT2D eigenvalue weighted by Crippen LogP contribution is 2.33. The molecule has 0 bridgehead atoms. The fourth-order valence-corrected chi connectivity index (χ4v) is 5.69. The molecule has 5 rings (SSSR count). The molecule has 0 atom stereocenters. The van der Waals surface area contributed by atoms with Gasteiger partial charge in [0.05, 0.1) is 31.9 Å². The van der Waals surface area contributed by atoms with Crippen LogP contribution in [0.2, 0.25) is 0 Å². The molecule has 0 saturated carbocycles. The first-order valence-corrected chi connectivity index (χ1v) is 16.1. The molecule has 1 amide bonds. The van der Waals surface area contributed by atoms with Gasteiger partial charge in [-0.1, -0.05) is 55.9 Å². The lowest BCUT2D eigenvalue weighted by Crippen LogP contribution is -2.20. The number of rotatable bonds is 14. The number of benzene rings is 4. The molecule has 1 aromatic heterocycles. The van der Waals surface area contributed by atoms with Crippen molar-refractivity contribution in [1.82, 2.24) is 20.2 Å². The number of para-hydroxylation sites is 1. The van der Waals surface area contributed by atoms with E-state index < -0.39 is 0 Å². The van der Waals surface area contributed by atoms with E-state index in [4.69, 9.17) is 14.2 Å². The minimum absolute atomic E-state index is 0.0767. The summed E-state index contributed by atoms with van der Waals surface area (Å²) in [6.07, 6.45) is 3.19. The Morgan fingerprint density at radius 3 is 2.30 bits per heavy atom. The predicted octanol–water partition coefficient (Wildman–Crippen LogP) is 7.04. The van der Waals surface area contributed by atoms with Crippen LogP contribution < -0.4 is 19.6 Å². The number of aryl methyl sites for hydroxylation is 2. The van der Waals surface area contributed by atoms with Crippen LogP contribution in [0.4, 0.5) is 4.39 Å². The van der Waals surface area contributed by atoms with E-state index in [2.05, 4.69) is 52.8 Å². The molecule has 0 saturated heterocycles. The first-order valence-electron chi connectivity index (χ1n) is 15.1. The molecule has 0 unspecified atom stereocenters. The zero-order valence-corrected chi connectivity index (χ0v) is 27.5. The standard InChI is InChI=1S/C36H36FN5O4S/c1-5-26-8-7-9-27(6-2)34(26)42-35(28-13-17-30(44-3)18-14-28)40-41-36(42)47-23-33(43)39-38-21-25-12-19-31(32(20-25)45-4)46-22-24-10-15-29(37)16-11-24/h7-21H,5-6,22-23H2,1-4H3,(H,39,43)/b38-21+. The zero-order valence-electron chi connectivity index (χ0n) is 26.7.